The number of hydrogen-bond donors (Lipinski definition) is 0. The molecule has 0 radical (unpaired) electrons. The van der Waals surface area contributed by atoms with E-state index in [-0.39, 0.29) is 24.3 Å². The Morgan fingerprint density at radius 3 is 2.53 bits per heavy atom. The highest BCUT2D eigenvalue weighted by atomic mass is 32.1. The number of carbonyl (C=O) groups is 1. The molecule has 0 fully saturated rings. The van der Waals surface area contributed by atoms with Crippen molar-refractivity contribution in [2.24, 2.45) is 4.99 Å². The van der Waals surface area contributed by atoms with Gasteiger partial charge in [-0.05, 0) is 43.7 Å². The van der Waals surface area contributed by atoms with Crippen molar-refractivity contribution in [2.45, 2.75) is 19.9 Å². The first kappa shape index (κ1) is 27.2. The molecule has 2 heterocycles. The van der Waals surface area contributed by atoms with Gasteiger partial charge in [0.1, 0.15) is 18.4 Å². The summed E-state index contributed by atoms with van der Waals surface area (Å²) in [5.41, 5.74) is 1.88. The largest absolute Gasteiger partial charge is 0.496 e. The first-order chi connectivity index (χ1) is 18.4. The molecule has 1 atom stereocenters. The van der Waals surface area contributed by atoms with Gasteiger partial charge in [-0.3, -0.25) is 9.36 Å². The van der Waals surface area contributed by atoms with Gasteiger partial charge in [-0.1, -0.05) is 35.6 Å². The summed E-state index contributed by atoms with van der Waals surface area (Å²) in [7, 11) is 4.66. The predicted octanol–water partition coefficient (Wildman–Crippen LogP) is 2.84. The number of rotatable bonds is 10. The fraction of sp³-hybridized carbons (Fsp3) is 0.321. The summed E-state index contributed by atoms with van der Waals surface area (Å²) in [4.78, 5) is 32.2. The Morgan fingerprint density at radius 2 is 1.82 bits per heavy atom. The SMILES string of the molecule is CCOc1cc(C=c2sc3n(c2=O)C(c2ccccc2OC)C(C(=O)OCCOC)=C(C)N=3)ccc1OC. The van der Waals surface area contributed by atoms with Gasteiger partial charge < -0.3 is 23.7 Å². The van der Waals surface area contributed by atoms with Crippen LogP contribution in [0.5, 0.6) is 17.2 Å². The number of methoxy groups -OCH3 is 3. The second kappa shape index (κ2) is 12.1. The number of aromatic nitrogens is 1. The quantitative estimate of drug-likeness (QED) is 0.289. The number of fused-ring (bicyclic) bond motifs is 1. The minimum atomic E-state index is -0.783. The maximum Gasteiger partial charge on any atom is 0.338 e. The molecule has 1 aromatic heterocycles. The summed E-state index contributed by atoms with van der Waals surface area (Å²) in [6.07, 6.45) is 1.78. The zero-order valence-electron chi connectivity index (χ0n) is 22.0. The third-order valence-electron chi connectivity index (χ3n) is 5.98. The van der Waals surface area contributed by atoms with Crippen LogP contribution in [0.4, 0.5) is 0 Å². The Hall–Kier alpha value is -3.89. The molecule has 4 rings (SSSR count). The van der Waals surface area contributed by atoms with Crippen molar-refractivity contribution in [3.63, 3.8) is 0 Å². The molecule has 1 aliphatic rings. The number of thiazole rings is 1. The van der Waals surface area contributed by atoms with Crippen LogP contribution in [0.2, 0.25) is 0 Å². The summed E-state index contributed by atoms with van der Waals surface area (Å²) >= 11 is 1.25. The van der Waals surface area contributed by atoms with Gasteiger partial charge in [0.05, 0.1) is 43.2 Å². The third-order valence-corrected chi connectivity index (χ3v) is 6.96. The van der Waals surface area contributed by atoms with Crippen molar-refractivity contribution < 1.29 is 28.5 Å². The van der Waals surface area contributed by atoms with Crippen molar-refractivity contribution in [1.29, 1.82) is 0 Å². The Morgan fingerprint density at radius 1 is 1.05 bits per heavy atom. The Bertz CT molecular complexity index is 1540. The zero-order chi connectivity index (χ0) is 27.2. The number of carbonyl (C=O) groups excluding carboxylic acids is 1. The molecule has 0 bridgehead atoms. The number of nitrogens with zero attached hydrogens (tertiary/aromatic N) is 2. The molecule has 3 aromatic rings. The van der Waals surface area contributed by atoms with E-state index >= 15 is 0 Å². The van der Waals surface area contributed by atoms with Gasteiger partial charge in [-0.2, -0.15) is 0 Å². The molecule has 0 aliphatic carbocycles. The monoisotopic (exact) mass is 538 g/mol. The molecule has 0 saturated heterocycles. The number of esters is 1. The van der Waals surface area contributed by atoms with E-state index in [2.05, 4.69) is 4.99 Å². The van der Waals surface area contributed by atoms with E-state index < -0.39 is 12.0 Å². The van der Waals surface area contributed by atoms with Gasteiger partial charge in [0.25, 0.3) is 5.56 Å². The van der Waals surface area contributed by atoms with E-state index in [1.165, 1.54) is 23.0 Å². The van der Waals surface area contributed by atoms with E-state index in [4.69, 9.17) is 23.7 Å². The number of para-hydroxylation sites is 1. The van der Waals surface area contributed by atoms with E-state index in [0.29, 0.717) is 44.4 Å². The van der Waals surface area contributed by atoms with Crippen molar-refractivity contribution in [2.75, 3.05) is 41.2 Å². The molecule has 0 saturated carbocycles. The van der Waals surface area contributed by atoms with Crippen molar-refractivity contribution in [1.82, 2.24) is 4.57 Å². The molecular formula is C28H30N2O7S. The molecule has 38 heavy (non-hydrogen) atoms. The van der Waals surface area contributed by atoms with Crippen LogP contribution in [0.3, 0.4) is 0 Å². The lowest BCUT2D eigenvalue weighted by Crippen LogP contribution is -2.40. The first-order valence-electron chi connectivity index (χ1n) is 12.1. The van der Waals surface area contributed by atoms with Crippen LogP contribution in [0.25, 0.3) is 6.08 Å². The molecule has 200 valence electrons. The van der Waals surface area contributed by atoms with Gasteiger partial charge in [0, 0.05) is 12.7 Å². The average molecular weight is 539 g/mol. The molecule has 0 spiro atoms. The highest BCUT2D eigenvalue weighted by Gasteiger charge is 2.35. The summed E-state index contributed by atoms with van der Waals surface area (Å²) in [6, 6.07) is 12.0. The molecule has 9 nitrogen and oxygen atoms in total. The van der Waals surface area contributed by atoms with Gasteiger partial charge in [0.2, 0.25) is 0 Å². The minimum absolute atomic E-state index is 0.0782. The molecule has 0 N–H and O–H groups in total. The lowest BCUT2D eigenvalue weighted by atomic mass is 9.95. The van der Waals surface area contributed by atoms with Crippen LogP contribution in [-0.2, 0) is 14.3 Å². The van der Waals surface area contributed by atoms with E-state index in [1.807, 2.05) is 37.3 Å². The standard InChI is InChI=1S/C28H30N2O7S/c1-6-36-22-15-18(11-12-21(22)35-5)16-23-26(31)30-25(19-9-7-8-10-20(19)34-4)24(17(2)29-28(30)38-23)27(32)37-14-13-33-3/h7-12,15-16,25H,6,13-14H2,1-5H3. The molecule has 1 aliphatic heterocycles. The van der Waals surface area contributed by atoms with Crippen LogP contribution in [0.15, 0.2) is 63.5 Å². The van der Waals surface area contributed by atoms with Crippen molar-refractivity contribution in [3.8, 4) is 17.2 Å². The third kappa shape index (κ3) is 5.36. The van der Waals surface area contributed by atoms with Gasteiger partial charge in [-0.25, -0.2) is 9.79 Å². The lowest BCUT2D eigenvalue weighted by Gasteiger charge is -2.26. The average Bonchev–Trinajstić information content (AvgIpc) is 3.22. The van der Waals surface area contributed by atoms with Gasteiger partial charge in [0.15, 0.2) is 16.3 Å². The molecular weight excluding hydrogens is 508 g/mol. The summed E-state index contributed by atoms with van der Waals surface area (Å²) in [5, 5.41) is 0. The maximum absolute atomic E-state index is 13.9. The maximum atomic E-state index is 13.9. The summed E-state index contributed by atoms with van der Waals surface area (Å²) in [6.45, 7) is 4.44. The van der Waals surface area contributed by atoms with Crippen LogP contribution in [0.1, 0.15) is 31.0 Å². The number of allylic oxidation sites excluding steroid dienone is 1. The zero-order valence-corrected chi connectivity index (χ0v) is 22.8. The molecule has 2 aromatic carbocycles. The van der Waals surface area contributed by atoms with Crippen molar-refractivity contribution in [3.05, 3.63) is 84.5 Å². The lowest BCUT2D eigenvalue weighted by molar-refractivity contribution is -0.140. The van der Waals surface area contributed by atoms with Crippen LogP contribution in [-0.4, -0.2) is 51.7 Å². The number of ether oxygens (including phenoxy) is 5. The van der Waals surface area contributed by atoms with Crippen LogP contribution in [0, 0.1) is 0 Å². The number of benzene rings is 2. The van der Waals surface area contributed by atoms with E-state index in [9.17, 15) is 9.59 Å². The highest BCUT2D eigenvalue weighted by Crippen LogP contribution is 2.35. The Labute approximate surface area is 224 Å². The number of hydrogen-bond acceptors (Lipinski definition) is 9. The first-order valence-corrected chi connectivity index (χ1v) is 12.9. The van der Waals surface area contributed by atoms with Crippen molar-refractivity contribution >= 4 is 23.4 Å². The second-order valence-electron chi connectivity index (χ2n) is 8.30. The molecule has 0 amide bonds. The van der Waals surface area contributed by atoms with Crippen LogP contribution >= 0.6 is 11.3 Å². The molecule has 1 unspecified atom stereocenters. The highest BCUT2D eigenvalue weighted by molar-refractivity contribution is 7.07. The Balaban J connectivity index is 1.90. The van der Waals surface area contributed by atoms with E-state index in [1.54, 1.807) is 39.4 Å². The second-order valence-corrected chi connectivity index (χ2v) is 9.30. The topological polar surface area (TPSA) is 97.6 Å². The van der Waals surface area contributed by atoms with Crippen LogP contribution < -0.4 is 29.1 Å². The fourth-order valence-electron chi connectivity index (χ4n) is 4.27. The van der Waals surface area contributed by atoms with Gasteiger partial charge in [-0.15, -0.1) is 0 Å². The minimum Gasteiger partial charge on any atom is -0.496 e. The smallest absolute Gasteiger partial charge is 0.338 e. The summed E-state index contributed by atoms with van der Waals surface area (Å²) < 4.78 is 29.1. The normalized spacial score (nSPS) is 15.1. The van der Waals surface area contributed by atoms with E-state index in [0.717, 1.165) is 5.56 Å². The van der Waals surface area contributed by atoms with Gasteiger partial charge >= 0.3 is 5.97 Å². The Kier molecular flexibility index (Phi) is 8.65. The fourth-order valence-corrected chi connectivity index (χ4v) is 5.31. The molecule has 10 heteroatoms. The summed E-state index contributed by atoms with van der Waals surface area (Å²) in [5.74, 6) is 1.17. The predicted molar refractivity (Wildman–Crippen MR) is 144 cm³/mol.